The van der Waals surface area contributed by atoms with E-state index in [9.17, 15) is 9.90 Å². The highest BCUT2D eigenvalue weighted by Gasteiger charge is 2.27. The lowest BCUT2D eigenvalue weighted by atomic mass is 9.81. The van der Waals surface area contributed by atoms with Crippen LogP contribution < -0.4 is 4.74 Å². The van der Waals surface area contributed by atoms with Gasteiger partial charge >= 0.3 is 5.97 Å². The summed E-state index contributed by atoms with van der Waals surface area (Å²) in [5.74, 6) is 0.599. The zero-order valence-corrected chi connectivity index (χ0v) is 21.1. The summed E-state index contributed by atoms with van der Waals surface area (Å²) in [6, 6.07) is 8.27. The minimum atomic E-state index is -0.207. The molecule has 0 spiro atoms. The molecule has 0 amide bonds. The number of carbonyl (C=O) groups excluding carboxylic acids is 1. The molecule has 0 aromatic heterocycles. The van der Waals surface area contributed by atoms with Crippen LogP contribution in [-0.2, 0) is 22.0 Å². The third kappa shape index (κ3) is 5.90. The number of hydrogen-bond donors (Lipinski definition) is 1. The zero-order chi connectivity index (χ0) is 23.7. The van der Waals surface area contributed by atoms with Crippen molar-refractivity contribution >= 4 is 5.97 Å². The summed E-state index contributed by atoms with van der Waals surface area (Å²) in [5.41, 5.74) is 5.62. The van der Waals surface area contributed by atoms with Crippen LogP contribution >= 0.6 is 0 Å². The summed E-state index contributed by atoms with van der Waals surface area (Å²) >= 11 is 0. The van der Waals surface area contributed by atoms with Gasteiger partial charge in [-0.3, -0.25) is 4.79 Å². The van der Waals surface area contributed by atoms with Gasteiger partial charge in [0.05, 0.1) is 5.92 Å². The van der Waals surface area contributed by atoms with Gasteiger partial charge in [0.15, 0.2) is 0 Å². The number of rotatable bonds is 5. The Balaban J connectivity index is 2.68. The van der Waals surface area contributed by atoms with Crippen molar-refractivity contribution in [2.75, 3.05) is 0 Å². The third-order valence-electron chi connectivity index (χ3n) is 5.86. The van der Waals surface area contributed by atoms with Gasteiger partial charge in [-0.15, -0.1) is 0 Å². The van der Waals surface area contributed by atoms with Crippen LogP contribution in [0.4, 0.5) is 0 Å². The Morgan fingerprint density at radius 1 is 0.903 bits per heavy atom. The fourth-order valence-electron chi connectivity index (χ4n) is 3.79. The molecule has 0 saturated heterocycles. The maximum absolute atomic E-state index is 12.7. The molecule has 0 heterocycles. The third-order valence-corrected chi connectivity index (χ3v) is 5.86. The molecule has 0 bridgehead atoms. The number of phenols is 1. The first kappa shape index (κ1) is 25.0. The minimum Gasteiger partial charge on any atom is -0.507 e. The maximum Gasteiger partial charge on any atom is 0.314 e. The number of phenolic OH excluding ortho intramolecular Hbond substituents is 1. The van der Waals surface area contributed by atoms with Gasteiger partial charge in [-0.25, -0.2) is 0 Å². The first-order valence-corrected chi connectivity index (χ1v) is 11.3. The average Bonchev–Trinajstić information content (AvgIpc) is 2.63. The van der Waals surface area contributed by atoms with Gasteiger partial charge in [0.2, 0.25) is 0 Å². The van der Waals surface area contributed by atoms with Crippen molar-refractivity contribution in [1.82, 2.24) is 0 Å². The van der Waals surface area contributed by atoms with E-state index in [2.05, 4.69) is 73.6 Å². The molecule has 3 nitrogen and oxygen atoms in total. The van der Waals surface area contributed by atoms with E-state index in [1.807, 2.05) is 19.9 Å². The second-order valence-electron chi connectivity index (χ2n) is 11.0. The Hall–Kier alpha value is -2.29. The molecule has 31 heavy (non-hydrogen) atoms. The van der Waals surface area contributed by atoms with Crippen molar-refractivity contribution in [3.8, 4) is 11.5 Å². The fourth-order valence-corrected chi connectivity index (χ4v) is 3.79. The molecule has 0 radical (unpaired) electrons. The van der Waals surface area contributed by atoms with Crippen molar-refractivity contribution in [2.45, 2.75) is 92.9 Å². The Kier molecular flexibility index (Phi) is 7.30. The molecule has 2 aromatic carbocycles. The lowest BCUT2D eigenvalue weighted by molar-refractivity contribution is -0.138. The molecular weight excluding hydrogens is 384 g/mol. The van der Waals surface area contributed by atoms with E-state index in [0.717, 1.165) is 39.8 Å². The van der Waals surface area contributed by atoms with Crippen molar-refractivity contribution < 1.29 is 14.6 Å². The molecule has 0 saturated carbocycles. The summed E-state index contributed by atoms with van der Waals surface area (Å²) in [6.07, 6.45) is 1.24. The standard InChI is InChI=1S/C28H40O3/c1-11-19(4)26(30)31-25-21(13-18(3)15-23(25)28(8,9)10)16-20-12-17(2)14-22(24(20)29)27(5,6)7/h12-15,19,29H,11,16H2,1-10H3. The molecule has 1 atom stereocenters. The Morgan fingerprint density at radius 3 is 1.87 bits per heavy atom. The molecule has 0 aliphatic rings. The summed E-state index contributed by atoms with van der Waals surface area (Å²) in [6.45, 7) is 20.7. The summed E-state index contributed by atoms with van der Waals surface area (Å²) in [4.78, 5) is 12.7. The summed E-state index contributed by atoms with van der Waals surface area (Å²) in [7, 11) is 0. The van der Waals surface area contributed by atoms with Crippen LogP contribution in [0.1, 0.15) is 95.2 Å². The average molecular weight is 425 g/mol. The molecular formula is C28H40O3. The Morgan fingerprint density at radius 2 is 1.39 bits per heavy atom. The van der Waals surface area contributed by atoms with Crippen LogP contribution in [0, 0.1) is 19.8 Å². The number of aryl methyl sites for hydroxylation is 2. The van der Waals surface area contributed by atoms with E-state index in [4.69, 9.17) is 4.74 Å². The van der Waals surface area contributed by atoms with Gasteiger partial charge in [-0.05, 0) is 47.8 Å². The van der Waals surface area contributed by atoms with Gasteiger partial charge in [0, 0.05) is 12.0 Å². The van der Waals surface area contributed by atoms with Crippen molar-refractivity contribution in [3.63, 3.8) is 0 Å². The van der Waals surface area contributed by atoms with Gasteiger partial charge < -0.3 is 9.84 Å². The van der Waals surface area contributed by atoms with E-state index < -0.39 is 0 Å². The number of ether oxygens (including phenoxy) is 1. The monoisotopic (exact) mass is 424 g/mol. The molecule has 2 aromatic rings. The fraction of sp³-hybridized carbons (Fsp3) is 0.536. The first-order valence-electron chi connectivity index (χ1n) is 11.3. The van der Waals surface area contributed by atoms with Crippen LogP contribution in [0.3, 0.4) is 0 Å². The topological polar surface area (TPSA) is 46.5 Å². The summed E-state index contributed by atoms with van der Waals surface area (Å²) < 4.78 is 6.03. The van der Waals surface area contributed by atoms with Crippen molar-refractivity contribution in [3.05, 3.63) is 57.6 Å². The number of aromatic hydroxyl groups is 1. The predicted molar refractivity (Wildman–Crippen MR) is 129 cm³/mol. The molecule has 1 N–H and O–H groups in total. The van der Waals surface area contributed by atoms with Crippen LogP contribution in [0.25, 0.3) is 0 Å². The van der Waals surface area contributed by atoms with Crippen LogP contribution in [-0.4, -0.2) is 11.1 Å². The Labute approximate surface area is 188 Å². The summed E-state index contributed by atoms with van der Waals surface area (Å²) in [5, 5.41) is 11.1. The number of carbonyl (C=O) groups is 1. The largest absolute Gasteiger partial charge is 0.507 e. The number of hydrogen-bond acceptors (Lipinski definition) is 3. The highest BCUT2D eigenvalue weighted by molar-refractivity contribution is 5.76. The van der Waals surface area contributed by atoms with Crippen molar-refractivity contribution in [1.29, 1.82) is 0 Å². The quantitative estimate of drug-likeness (QED) is 0.409. The van der Waals surface area contributed by atoms with Gasteiger partial charge in [-0.2, -0.15) is 0 Å². The van der Waals surface area contributed by atoms with Gasteiger partial charge in [-0.1, -0.05) is 90.8 Å². The van der Waals surface area contributed by atoms with Crippen molar-refractivity contribution in [2.24, 2.45) is 5.92 Å². The normalized spacial score (nSPS) is 13.2. The molecule has 0 aliphatic heterocycles. The highest BCUT2D eigenvalue weighted by Crippen LogP contribution is 2.40. The van der Waals surface area contributed by atoms with E-state index in [0.29, 0.717) is 17.9 Å². The molecule has 0 aliphatic carbocycles. The molecule has 2 rings (SSSR count). The van der Waals surface area contributed by atoms with Crippen LogP contribution in [0.2, 0.25) is 0 Å². The SMILES string of the molecule is CCC(C)C(=O)Oc1c(Cc2cc(C)cc(C(C)(C)C)c2O)cc(C)cc1C(C)(C)C. The second-order valence-corrected chi connectivity index (χ2v) is 11.0. The van der Waals surface area contributed by atoms with Gasteiger partial charge in [0.1, 0.15) is 11.5 Å². The number of benzene rings is 2. The van der Waals surface area contributed by atoms with Gasteiger partial charge in [0.25, 0.3) is 0 Å². The maximum atomic E-state index is 12.7. The zero-order valence-electron chi connectivity index (χ0n) is 21.1. The first-order chi connectivity index (χ1) is 14.1. The van der Waals surface area contributed by atoms with E-state index in [-0.39, 0.29) is 22.7 Å². The van der Waals surface area contributed by atoms with Crippen LogP contribution in [0.5, 0.6) is 11.5 Å². The van der Waals surface area contributed by atoms with E-state index in [1.54, 1.807) is 0 Å². The minimum absolute atomic E-state index is 0.165. The second kappa shape index (κ2) is 9.06. The predicted octanol–water partition coefficient (Wildman–Crippen LogP) is 7.15. The van der Waals surface area contributed by atoms with E-state index in [1.165, 1.54) is 0 Å². The van der Waals surface area contributed by atoms with E-state index >= 15 is 0 Å². The molecule has 170 valence electrons. The number of esters is 1. The smallest absolute Gasteiger partial charge is 0.314 e. The molecule has 3 heteroatoms. The lowest BCUT2D eigenvalue weighted by Gasteiger charge is -2.27. The highest BCUT2D eigenvalue weighted by atomic mass is 16.5. The molecule has 1 unspecified atom stereocenters. The molecule has 0 fully saturated rings. The lowest BCUT2D eigenvalue weighted by Crippen LogP contribution is -2.22. The Bertz CT molecular complexity index is 956. The van der Waals surface area contributed by atoms with Crippen LogP contribution in [0.15, 0.2) is 24.3 Å².